The highest BCUT2D eigenvalue weighted by Gasteiger charge is 2.25. The van der Waals surface area contributed by atoms with E-state index in [1.807, 2.05) is 19.9 Å². The number of carbonyl (C=O) groups excluding carboxylic acids is 1. The number of aromatic nitrogens is 4. The van der Waals surface area contributed by atoms with Crippen LogP contribution in [0.1, 0.15) is 55.8 Å². The van der Waals surface area contributed by atoms with Crippen molar-refractivity contribution >= 4 is 11.9 Å². The second-order valence-electron chi connectivity index (χ2n) is 6.42. The molecule has 1 saturated heterocycles. The molecule has 0 aromatic carbocycles. The first-order chi connectivity index (χ1) is 11.6. The largest absolute Gasteiger partial charge is 0.469 e. The Morgan fingerprint density at radius 1 is 1.46 bits per heavy atom. The van der Waals surface area contributed by atoms with Gasteiger partial charge >= 0.3 is 5.97 Å². The van der Waals surface area contributed by atoms with E-state index in [1.54, 1.807) is 0 Å². The van der Waals surface area contributed by atoms with E-state index < -0.39 is 0 Å². The van der Waals surface area contributed by atoms with Gasteiger partial charge < -0.3 is 14.2 Å². The molecule has 2 aromatic rings. The number of ether oxygens (including phenoxy) is 1. The Labute approximate surface area is 140 Å². The lowest BCUT2D eigenvalue weighted by Gasteiger charge is -2.29. The minimum absolute atomic E-state index is 0.225. The second kappa shape index (κ2) is 7.02. The molecule has 0 saturated carbocycles. The summed E-state index contributed by atoms with van der Waals surface area (Å²) in [6, 6.07) is 1.96. The first-order valence-corrected chi connectivity index (χ1v) is 8.26. The fraction of sp³-hybridized carbons (Fsp3) is 0.625. The highest BCUT2D eigenvalue weighted by molar-refractivity contribution is 5.71. The van der Waals surface area contributed by atoms with Crippen LogP contribution in [0.3, 0.4) is 0 Å². The predicted octanol–water partition coefficient (Wildman–Crippen LogP) is 2.02. The average Bonchev–Trinajstić information content (AvgIpc) is 3.24. The summed E-state index contributed by atoms with van der Waals surface area (Å²) in [4.78, 5) is 17.9. The lowest BCUT2D eigenvalue weighted by Crippen LogP contribution is -2.33. The summed E-state index contributed by atoms with van der Waals surface area (Å²) in [6.45, 7) is 5.79. The number of H-pyrrole nitrogens is 1. The van der Waals surface area contributed by atoms with Gasteiger partial charge in [-0.15, -0.1) is 0 Å². The van der Waals surface area contributed by atoms with Crippen LogP contribution >= 0.6 is 0 Å². The van der Waals surface area contributed by atoms with E-state index in [-0.39, 0.29) is 18.3 Å². The number of methoxy groups -OCH3 is 1. The maximum Gasteiger partial charge on any atom is 0.311 e. The molecule has 2 aromatic heterocycles. The van der Waals surface area contributed by atoms with Gasteiger partial charge in [0.2, 0.25) is 5.89 Å². The summed E-state index contributed by atoms with van der Waals surface area (Å²) in [5.41, 5.74) is 1.79. The van der Waals surface area contributed by atoms with E-state index in [2.05, 4.69) is 30.0 Å². The van der Waals surface area contributed by atoms with Gasteiger partial charge in [0.25, 0.3) is 5.95 Å². The summed E-state index contributed by atoms with van der Waals surface area (Å²) in [7, 11) is 1.39. The number of hydrogen-bond acceptors (Lipinski definition) is 7. The Morgan fingerprint density at radius 2 is 2.21 bits per heavy atom. The molecule has 0 amide bonds. The molecule has 3 heterocycles. The van der Waals surface area contributed by atoms with Crippen LogP contribution in [-0.2, 0) is 16.0 Å². The zero-order valence-corrected chi connectivity index (χ0v) is 14.3. The minimum Gasteiger partial charge on any atom is -0.469 e. The topological polar surface area (TPSA) is 97.1 Å². The molecule has 1 aliphatic rings. The summed E-state index contributed by atoms with van der Waals surface area (Å²) in [5, 5.41) is 11.3. The van der Waals surface area contributed by atoms with Crippen molar-refractivity contribution in [2.75, 3.05) is 25.1 Å². The number of anilines is 1. The van der Waals surface area contributed by atoms with Gasteiger partial charge in [-0.05, 0) is 24.1 Å². The number of aromatic amines is 1. The van der Waals surface area contributed by atoms with Crippen LogP contribution in [0.15, 0.2) is 10.6 Å². The standard InChI is InChI=1S/C16H23N5O3/c1-10(2)15-17-16(20-24-15)21-6-4-11(5-7-21)13-8-12(18-19-13)9-14(22)23-3/h8,10-11H,4-7,9H2,1-3H3,(H,18,19). The Bertz CT molecular complexity index is 685. The van der Waals surface area contributed by atoms with Gasteiger partial charge in [0.15, 0.2) is 0 Å². The fourth-order valence-electron chi connectivity index (χ4n) is 2.87. The minimum atomic E-state index is -0.266. The summed E-state index contributed by atoms with van der Waals surface area (Å²) in [6.07, 6.45) is 2.16. The number of piperidine rings is 1. The van der Waals surface area contributed by atoms with Gasteiger partial charge in [-0.1, -0.05) is 13.8 Å². The number of nitrogens with zero attached hydrogens (tertiary/aromatic N) is 4. The monoisotopic (exact) mass is 333 g/mol. The van der Waals surface area contributed by atoms with Crippen molar-refractivity contribution in [2.45, 2.75) is 44.9 Å². The number of carbonyl (C=O) groups is 1. The van der Waals surface area contributed by atoms with E-state index in [1.165, 1.54) is 7.11 Å². The first kappa shape index (κ1) is 16.5. The van der Waals surface area contributed by atoms with Crippen LogP contribution in [0.25, 0.3) is 0 Å². The number of esters is 1. The van der Waals surface area contributed by atoms with Gasteiger partial charge in [0.05, 0.1) is 19.2 Å². The Balaban J connectivity index is 1.57. The van der Waals surface area contributed by atoms with Crippen LogP contribution in [-0.4, -0.2) is 46.5 Å². The van der Waals surface area contributed by atoms with Crippen molar-refractivity contribution in [1.29, 1.82) is 0 Å². The zero-order chi connectivity index (χ0) is 17.1. The van der Waals surface area contributed by atoms with Crippen LogP contribution in [0.4, 0.5) is 5.95 Å². The molecule has 0 bridgehead atoms. The summed E-state index contributed by atoms with van der Waals surface area (Å²) < 4.78 is 9.95. The molecule has 1 fully saturated rings. The molecule has 0 atom stereocenters. The van der Waals surface area contributed by atoms with Crippen molar-refractivity contribution in [3.8, 4) is 0 Å². The van der Waals surface area contributed by atoms with Gasteiger partial charge in [-0.3, -0.25) is 9.89 Å². The fourth-order valence-corrected chi connectivity index (χ4v) is 2.87. The number of rotatable bonds is 5. The SMILES string of the molecule is COC(=O)Cc1cc(C2CCN(c3noc(C(C)C)n3)CC2)n[nH]1. The lowest BCUT2D eigenvalue weighted by molar-refractivity contribution is -0.139. The molecule has 8 heteroatoms. The van der Waals surface area contributed by atoms with Crippen LogP contribution < -0.4 is 4.90 Å². The lowest BCUT2D eigenvalue weighted by atomic mass is 9.93. The van der Waals surface area contributed by atoms with Gasteiger partial charge in [0.1, 0.15) is 0 Å². The van der Waals surface area contributed by atoms with Crippen LogP contribution in [0.2, 0.25) is 0 Å². The van der Waals surface area contributed by atoms with Crippen LogP contribution in [0, 0.1) is 0 Å². The molecule has 8 nitrogen and oxygen atoms in total. The third kappa shape index (κ3) is 3.58. The summed E-state index contributed by atoms with van der Waals surface area (Å²) >= 11 is 0. The van der Waals surface area contributed by atoms with Crippen molar-refractivity contribution in [2.24, 2.45) is 0 Å². The van der Waals surface area contributed by atoms with E-state index >= 15 is 0 Å². The Hall–Kier alpha value is -2.38. The molecular formula is C16H23N5O3. The maximum absolute atomic E-state index is 11.3. The maximum atomic E-state index is 11.3. The smallest absolute Gasteiger partial charge is 0.311 e. The number of hydrogen-bond donors (Lipinski definition) is 1. The molecule has 3 rings (SSSR count). The molecular weight excluding hydrogens is 310 g/mol. The third-order valence-electron chi connectivity index (χ3n) is 4.33. The first-order valence-electron chi connectivity index (χ1n) is 8.26. The van der Waals surface area contributed by atoms with Crippen LogP contribution in [0.5, 0.6) is 0 Å². The quantitative estimate of drug-likeness (QED) is 0.836. The molecule has 0 unspecified atom stereocenters. The molecule has 0 spiro atoms. The van der Waals surface area contributed by atoms with Gasteiger partial charge in [-0.25, -0.2) is 0 Å². The predicted molar refractivity (Wildman–Crippen MR) is 86.9 cm³/mol. The van der Waals surface area contributed by atoms with Crippen molar-refractivity contribution < 1.29 is 14.1 Å². The third-order valence-corrected chi connectivity index (χ3v) is 4.33. The molecule has 1 aliphatic heterocycles. The highest BCUT2D eigenvalue weighted by atomic mass is 16.5. The molecule has 24 heavy (non-hydrogen) atoms. The van der Waals surface area contributed by atoms with Gasteiger partial charge in [0, 0.05) is 30.6 Å². The molecule has 1 N–H and O–H groups in total. The molecule has 0 radical (unpaired) electrons. The Morgan fingerprint density at radius 3 is 2.83 bits per heavy atom. The second-order valence-corrected chi connectivity index (χ2v) is 6.42. The van der Waals surface area contributed by atoms with Crippen molar-refractivity contribution in [3.63, 3.8) is 0 Å². The van der Waals surface area contributed by atoms with Crippen molar-refractivity contribution in [3.05, 3.63) is 23.3 Å². The van der Waals surface area contributed by atoms with Gasteiger partial charge in [-0.2, -0.15) is 10.1 Å². The van der Waals surface area contributed by atoms with E-state index in [4.69, 9.17) is 4.52 Å². The normalized spacial score (nSPS) is 15.9. The van der Waals surface area contributed by atoms with E-state index in [0.717, 1.165) is 37.3 Å². The highest BCUT2D eigenvalue weighted by Crippen LogP contribution is 2.29. The average molecular weight is 333 g/mol. The number of nitrogens with one attached hydrogen (secondary N) is 1. The zero-order valence-electron chi connectivity index (χ0n) is 14.3. The molecule has 130 valence electrons. The molecule has 0 aliphatic carbocycles. The van der Waals surface area contributed by atoms with Crippen molar-refractivity contribution in [1.82, 2.24) is 20.3 Å². The van der Waals surface area contributed by atoms with E-state index in [9.17, 15) is 4.79 Å². The van der Waals surface area contributed by atoms with E-state index in [0.29, 0.717) is 17.8 Å². The summed E-state index contributed by atoms with van der Waals surface area (Å²) in [5.74, 6) is 1.69. The Kier molecular flexibility index (Phi) is 4.82.